The quantitative estimate of drug-likeness (QED) is 0.500. The standard InChI is InChI=1S/C5H4IN2O/c6-4-2-1-3-9-5(4)8-7/h1-3,5H. The normalized spacial score (nSPS) is 24.6. The zero-order chi connectivity index (χ0) is 6.69. The van der Waals surface area contributed by atoms with Gasteiger partial charge in [-0.05, 0) is 40.3 Å². The highest BCUT2D eigenvalue weighted by atomic mass is 127. The lowest BCUT2D eigenvalue weighted by Gasteiger charge is -2.10. The average Bonchev–Trinajstić information content (AvgIpc) is 1.89. The fraction of sp³-hybridized carbons (Fsp3) is 0.200. The summed E-state index contributed by atoms with van der Waals surface area (Å²) in [5, 5.41) is 2.98. The summed E-state index contributed by atoms with van der Waals surface area (Å²) in [6.07, 6.45) is 4.57. The topological polar surface area (TPSA) is 43.9 Å². The number of halogens is 1. The maximum atomic E-state index is 8.28. The van der Waals surface area contributed by atoms with Crippen molar-refractivity contribution in [2.45, 2.75) is 6.23 Å². The molecule has 0 amide bonds. The van der Waals surface area contributed by atoms with Gasteiger partial charge in [0.25, 0.3) is 0 Å². The third-order valence-electron chi connectivity index (χ3n) is 0.882. The minimum absolute atomic E-state index is 0.504. The van der Waals surface area contributed by atoms with Gasteiger partial charge in [0.15, 0.2) is 0 Å². The lowest BCUT2D eigenvalue weighted by molar-refractivity contribution is 0.183. The highest BCUT2D eigenvalue weighted by Gasteiger charge is 2.11. The van der Waals surface area contributed by atoms with Gasteiger partial charge in [0.05, 0.1) is 9.84 Å². The molecule has 0 saturated carbocycles. The molecule has 1 atom stereocenters. The Bertz CT molecular complexity index is 176. The molecule has 0 aromatic rings. The van der Waals surface area contributed by atoms with Crippen LogP contribution in [0.5, 0.6) is 0 Å². The van der Waals surface area contributed by atoms with Crippen LogP contribution < -0.4 is 5.53 Å². The van der Waals surface area contributed by atoms with Gasteiger partial charge in [0.1, 0.15) is 0 Å². The zero-order valence-corrected chi connectivity index (χ0v) is 6.65. The average molecular weight is 235 g/mol. The Balaban J connectivity index is 2.69. The van der Waals surface area contributed by atoms with Crippen molar-refractivity contribution in [3.05, 3.63) is 22.0 Å². The molecule has 0 aromatic heterocycles. The van der Waals surface area contributed by atoms with E-state index in [1.54, 1.807) is 6.08 Å². The first-order chi connectivity index (χ1) is 4.34. The van der Waals surface area contributed by atoms with Crippen LogP contribution in [0, 0.1) is 0 Å². The van der Waals surface area contributed by atoms with Crippen LogP contribution in [-0.2, 0) is 4.74 Å². The van der Waals surface area contributed by atoms with Crippen molar-refractivity contribution < 1.29 is 4.74 Å². The van der Waals surface area contributed by atoms with Crippen LogP contribution in [0.4, 0.5) is 0 Å². The van der Waals surface area contributed by atoms with E-state index in [-0.39, 0.29) is 0 Å². The van der Waals surface area contributed by atoms with E-state index in [2.05, 4.69) is 5.11 Å². The SMILES string of the molecule is [N]=NC1OC=CC=C1I. The maximum absolute atomic E-state index is 8.28. The highest BCUT2D eigenvalue weighted by Crippen LogP contribution is 2.19. The molecule has 1 radical (unpaired) electrons. The summed E-state index contributed by atoms with van der Waals surface area (Å²) < 4.78 is 5.74. The molecule has 0 bridgehead atoms. The Hall–Kier alpha value is -0.390. The van der Waals surface area contributed by atoms with Crippen LogP contribution in [0.2, 0.25) is 0 Å². The monoisotopic (exact) mass is 235 g/mol. The van der Waals surface area contributed by atoms with Crippen molar-refractivity contribution >= 4 is 22.6 Å². The van der Waals surface area contributed by atoms with Crippen molar-refractivity contribution in [1.29, 1.82) is 0 Å². The van der Waals surface area contributed by atoms with Gasteiger partial charge >= 0.3 is 0 Å². The number of nitrogens with zero attached hydrogens (tertiary/aromatic N) is 2. The summed E-state index contributed by atoms with van der Waals surface area (Å²) in [5.74, 6) is 0. The van der Waals surface area contributed by atoms with E-state index in [1.165, 1.54) is 6.26 Å². The molecule has 0 aliphatic carbocycles. The minimum Gasteiger partial charge on any atom is -0.470 e. The van der Waals surface area contributed by atoms with Crippen LogP contribution >= 0.6 is 22.6 Å². The number of allylic oxidation sites excluding steroid dienone is 2. The molecular weight excluding hydrogens is 231 g/mol. The van der Waals surface area contributed by atoms with Gasteiger partial charge in [-0.2, -0.15) is 0 Å². The van der Waals surface area contributed by atoms with Gasteiger partial charge in [-0.25, -0.2) is 0 Å². The third-order valence-corrected chi connectivity index (χ3v) is 1.77. The molecule has 0 aromatic carbocycles. The fourth-order valence-corrected chi connectivity index (χ4v) is 0.960. The van der Waals surface area contributed by atoms with E-state index in [9.17, 15) is 0 Å². The second kappa shape index (κ2) is 2.95. The van der Waals surface area contributed by atoms with E-state index in [1.807, 2.05) is 28.7 Å². The van der Waals surface area contributed by atoms with Crippen LogP contribution in [0.15, 0.2) is 27.1 Å². The van der Waals surface area contributed by atoms with Gasteiger partial charge in [0, 0.05) is 0 Å². The number of hydrogen-bond donors (Lipinski definition) is 0. The predicted octanol–water partition coefficient (Wildman–Crippen LogP) is 1.43. The number of hydrogen-bond acceptors (Lipinski definition) is 2. The van der Waals surface area contributed by atoms with Gasteiger partial charge in [-0.1, -0.05) is 0 Å². The molecule has 0 fully saturated rings. The summed E-state index contributed by atoms with van der Waals surface area (Å²) in [7, 11) is 0. The van der Waals surface area contributed by atoms with Crippen molar-refractivity contribution in [2.24, 2.45) is 5.11 Å². The first kappa shape index (κ1) is 6.73. The zero-order valence-electron chi connectivity index (χ0n) is 4.49. The van der Waals surface area contributed by atoms with Gasteiger partial charge in [-0.3, -0.25) is 0 Å². The smallest absolute Gasteiger partial charge is 0.241 e. The molecule has 0 N–H and O–H groups in total. The Morgan fingerprint density at radius 2 is 2.56 bits per heavy atom. The Morgan fingerprint density at radius 3 is 3.00 bits per heavy atom. The molecule has 3 nitrogen and oxygen atoms in total. The molecule has 1 heterocycles. The molecule has 0 saturated heterocycles. The second-order valence-corrected chi connectivity index (χ2v) is 2.73. The second-order valence-electron chi connectivity index (χ2n) is 1.48. The van der Waals surface area contributed by atoms with Gasteiger partial charge < -0.3 is 4.74 Å². The molecule has 1 unspecified atom stereocenters. The van der Waals surface area contributed by atoms with Crippen LogP contribution in [0.25, 0.3) is 0 Å². The Morgan fingerprint density at radius 1 is 1.78 bits per heavy atom. The number of ether oxygens (including phenoxy) is 1. The first-order valence-electron chi connectivity index (χ1n) is 2.36. The summed E-state index contributed by atoms with van der Waals surface area (Å²) in [5.41, 5.74) is 8.28. The summed E-state index contributed by atoms with van der Waals surface area (Å²) in [6.45, 7) is 0. The van der Waals surface area contributed by atoms with Crippen LogP contribution in [-0.4, -0.2) is 6.23 Å². The molecule has 1 aliphatic rings. The molecule has 1 aliphatic heterocycles. The van der Waals surface area contributed by atoms with Crippen molar-refractivity contribution in [3.8, 4) is 0 Å². The summed E-state index contributed by atoms with van der Waals surface area (Å²) >= 11 is 2.05. The predicted molar refractivity (Wildman–Crippen MR) is 40.7 cm³/mol. The summed E-state index contributed by atoms with van der Waals surface area (Å²) in [4.78, 5) is 0. The van der Waals surface area contributed by atoms with Crippen LogP contribution in [0.1, 0.15) is 0 Å². The molecule has 9 heavy (non-hydrogen) atoms. The first-order valence-corrected chi connectivity index (χ1v) is 3.44. The third kappa shape index (κ3) is 1.51. The lowest BCUT2D eigenvalue weighted by Crippen LogP contribution is -2.07. The van der Waals surface area contributed by atoms with Gasteiger partial charge in [-0.15, -0.1) is 5.11 Å². The van der Waals surface area contributed by atoms with Gasteiger partial charge in [0.2, 0.25) is 6.23 Å². The Kier molecular flexibility index (Phi) is 2.21. The van der Waals surface area contributed by atoms with E-state index >= 15 is 0 Å². The van der Waals surface area contributed by atoms with Crippen molar-refractivity contribution in [3.63, 3.8) is 0 Å². The fourth-order valence-electron chi connectivity index (χ4n) is 0.481. The Labute approximate surface area is 66.4 Å². The molecular formula is C5H4IN2O. The van der Waals surface area contributed by atoms with E-state index in [4.69, 9.17) is 10.3 Å². The highest BCUT2D eigenvalue weighted by molar-refractivity contribution is 14.1. The van der Waals surface area contributed by atoms with E-state index in [0.29, 0.717) is 0 Å². The number of rotatable bonds is 1. The van der Waals surface area contributed by atoms with Crippen molar-refractivity contribution in [2.75, 3.05) is 0 Å². The molecule has 47 valence electrons. The van der Waals surface area contributed by atoms with Crippen molar-refractivity contribution in [1.82, 2.24) is 5.53 Å². The van der Waals surface area contributed by atoms with Crippen LogP contribution in [0.3, 0.4) is 0 Å². The molecule has 1 rings (SSSR count). The minimum atomic E-state index is -0.504. The molecule has 0 spiro atoms. The van der Waals surface area contributed by atoms with E-state index in [0.717, 1.165) is 3.58 Å². The summed E-state index contributed by atoms with van der Waals surface area (Å²) in [6, 6.07) is 0. The molecule has 4 heteroatoms. The lowest BCUT2D eigenvalue weighted by atomic mass is 10.4. The maximum Gasteiger partial charge on any atom is 0.241 e. The van der Waals surface area contributed by atoms with E-state index < -0.39 is 6.23 Å². The largest absolute Gasteiger partial charge is 0.470 e.